The molecule has 1 rings (SSSR count). The highest BCUT2D eigenvalue weighted by Crippen LogP contribution is 2.24. The molecule has 0 bridgehead atoms. The zero-order valence-corrected chi connectivity index (χ0v) is 13.2. The number of carbonyl (C=O) groups is 1. The van der Waals surface area contributed by atoms with Crippen molar-refractivity contribution in [2.75, 3.05) is 6.61 Å². The second-order valence-electron chi connectivity index (χ2n) is 4.80. The summed E-state index contributed by atoms with van der Waals surface area (Å²) in [6.45, 7) is 8.54. The smallest absolute Gasteiger partial charge is 0.347 e. The largest absolute Gasteiger partial charge is 0.479 e. The monoisotopic (exact) mass is 299 g/mol. The molecule has 5 heteroatoms. The predicted octanol–water partition coefficient (Wildman–Crippen LogP) is 3.17. The van der Waals surface area contributed by atoms with Crippen molar-refractivity contribution in [1.29, 1.82) is 0 Å². The summed E-state index contributed by atoms with van der Waals surface area (Å²) in [7, 11) is 0. The normalized spacial score (nSPS) is 12.3. The van der Waals surface area contributed by atoms with E-state index in [1.54, 1.807) is 26.0 Å². The minimum Gasteiger partial charge on any atom is -0.479 e. The fraction of sp³-hybridized carbons (Fsp3) is 0.533. The zero-order valence-electron chi connectivity index (χ0n) is 12.4. The molecule has 20 heavy (non-hydrogen) atoms. The number of carbonyl (C=O) groups excluding carboxylic acids is 1. The van der Waals surface area contributed by atoms with Crippen LogP contribution in [0.5, 0.6) is 5.75 Å². The van der Waals surface area contributed by atoms with Crippen LogP contribution in [0.1, 0.15) is 33.3 Å². The van der Waals surface area contributed by atoms with Gasteiger partial charge in [0.25, 0.3) is 0 Å². The molecular weight excluding hydrogens is 278 g/mol. The van der Waals surface area contributed by atoms with Crippen LogP contribution in [0, 0.1) is 0 Å². The lowest BCUT2D eigenvalue weighted by Gasteiger charge is -2.17. The van der Waals surface area contributed by atoms with Gasteiger partial charge in [-0.3, -0.25) is 0 Å². The molecule has 1 unspecified atom stereocenters. The highest BCUT2D eigenvalue weighted by Gasteiger charge is 2.17. The molecule has 0 aliphatic rings. The van der Waals surface area contributed by atoms with Crippen LogP contribution in [0.2, 0.25) is 5.02 Å². The molecule has 112 valence electrons. The summed E-state index contributed by atoms with van der Waals surface area (Å²) in [5, 5.41) is 3.94. The van der Waals surface area contributed by atoms with Gasteiger partial charge in [0, 0.05) is 23.2 Å². The van der Waals surface area contributed by atoms with Crippen molar-refractivity contribution in [1.82, 2.24) is 5.32 Å². The molecule has 1 N–H and O–H groups in total. The number of esters is 1. The fourth-order valence-corrected chi connectivity index (χ4v) is 1.81. The minimum absolute atomic E-state index is 0.342. The number of halogens is 1. The van der Waals surface area contributed by atoms with E-state index in [4.69, 9.17) is 21.1 Å². The summed E-state index contributed by atoms with van der Waals surface area (Å²) in [6.07, 6.45) is -0.645. The van der Waals surface area contributed by atoms with Crippen molar-refractivity contribution in [2.45, 2.75) is 46.4 Å². The lowest BCUT2D eigenvalue weighted by molar-refractivity contribution is -0.150. The molecule has 0 saturated carbocycles. The van der Waals surface area contributed by atoms with Gasteiger partial charge in [-0.05, 0) is 32.0 Å². The Balaban J connectivity index is 2.80. The number of nitrogens with one attached hydrogen (secondary N) is 1. The van der Waals surface area contributed by atoms with Crippen LogP contribution in [0.25, 0.3) is 0 Å². The molecule has 1 aromatic rings. The summed E-state index contributed by atoms with van der Waals surface area (Å²) in [5.74, 6) is 0.272. The summed E-state index contributed by atoms with van der Waals surface area (Å²) in [4.78, 5) is 11.6. The summed E-state index contributed by atoms with van der Waals surface area (Å²) in [5.41, 5.74) is 0.919. The SMILES string of the molecule is CCOC(=O)C(C)Oc1ccc(Cl)cc1CNC(C)C. The minimum atomic E-state index is -0.645. The van der Waals surface area contributed by atoms with E-state index in [1.807, 2.05) is 6.07 Å². The Labute approximate surface area is 125 Å². The first-order valence-electron chi connectivity index (χ1n) is 6.79. The third kappa shape index (κ3) is 5.39. The molecule has 0 aliphatic heterocycles. The Morgan fingerprint density at radius 2 is 2.05 bits per heavy atom. The summed E-state index contributed by atoms with van der Waals surface area (Å²) >= 11 is 6.01. The van der Waals surface area contributed by atoms with Gasteiger partial charge >= 0.3 is 5.97 Å². The molecular formula is C15H22ClNO3. The van der Waals surface area contributed by atoms with Crippen molar-refractivity contribution >= 4 is 17.6 Å². The van der Waals surface area contributed by atoms with Crippen molar-refractivity contribution in [3.8, 4) is 5.75 Å². The topological polar surface area (TPSA) is 47.6 Å². The third-order valence-electron chi connectivity index (χ3n) is 2.65. The Kier molecular flexibility index (Phi) is 6.82. The molecule has 0 spiro atoms. The lowest BCUT2D eigenvalue weighted by atomic mass is 10.2. The highest BCUT2D eigenvalue weighted by molar-refractivity contribution is 6.30. The van der Waals surface area contributed by atoms with Gasteiger partial charge in [0.05, 0.1) is 6.61 Å². The number of benzene rings is 1. The van der Waals surface area contributed by atoms with Gasteiger partial charge in [-0.25, -0.2) is 4.79 Å². The van der Waals surface area contributed by atoms with Gasteiger partial charge in [-0.15, -0.1) is 0 Å². The van der Waals surface area contributed by atoms with Crippen LogP contribution in [-0.4, -0.2) is 24.7 Å². The Bertz CT molecular complexity index is 449. The summed E-state index contributed by atoms with van der Waals surface area (Å²) < 4.78 is 10.6. The maximum absolute atomic E-state index is 11.6. The van der Waals surface area contributed by atoms with E-state index in [0.717, 1.165) is 5.56 Å². The van der Waals surface area contributed by atoms with Crippen LogP contribution >= 0.6 is 11.6 Å². The average molecular weight is 300 g/mol. The molecule has 0 saturated heterocycles. The molecule has 0 amide bonds. The van der Waals surface area contributed by atoms with Crippen LogP contribution < -0.4 is 10.1 Å². The Hall–Kier alpha value is -1.26. The molecule has 0 aromatic heterocycles. The van der Waals surface area contributed by atoms with E-state index in [9.17, 15) is 4.79 Å². The number of rotatable bonds is 7. The lowest BCUT2D eigenvalue weighted by Crippen LogP contribution is -2.27. The second kappa shape index (κ2) is 8.12. The first kappa shape index (κ1) is 16.8. The first-order chi connectivity index (χ1) is 9.43. The average Bonchev–Trinajstić information content (AvgIpc) is 2.39. The van der Waals surface area contributed by atoms with E-state index in [2.05, 4.69) is 19.2 Å². The van der Waals surface area contributed by atoms with Gasteiger partial charge in [0.1, 0.15) is 5.75 Å². The first-order valence-corrected chi connectivity index (χ1v) is 7.17. The Morgan fingerprint density at radius 1 is 1.35 bits per heavy atom. The standard InChI is InChI=1S/C15H22ClNO3/c1-5-19-15(18)11(4)20-14-7-6-13(16)8-12(14)9-17-10(2)3/h6-8,10-11,17H,5,9H2,1-4H3. The van der Waals surface area contributed by atoms with Crippen LogP contribution in [0.4, 0.5) is 0 Å². The highest BCUT2D eigenvalue weighted by atomic mass is 35.5. The molecule has 1 atom stereocenters. The van der Waals surface area contributed by atoms with E-state index in [-0.39, 0.29) is 5.97 Å². The molecule has 4 nitrogen and oxygen atoms in total. The Morgan fingerprint density at radius 3 is 2.65 bits per heavy atom. The van der Waals surface area contributed by atoms with Crippen molar-refractivity contribution < 1.29 is 14.3 Å². The molecule has 0 aliphatic carbocycles. The third-order valence-corrected chi connectivity index (χ3v) is 2.88. The number of ether oxygens (including phenoxy) is 2. The number of hydrogen-bond acceptors (Lipinski definition) is 4. The maximum atomic E-state index is 11.6. The van der Waals surface area contributed by atoms with Crippen LogP contribution in [-0.2, 0) is 16.1 Å². The zero-order chi connectivity index (χ0) is 15.1. The molecule has 0 heterocycles. The van der Waals surface area contributed by atoms with Gasteiger partial charge in [0.2, 0.25) is 0 Å². The van der Waals surface area contributed by atoms with E-state index in [1.165, 1.54) is 0 Å². The molecule has 1 aromatic carbocycles. The van der Waals surface area contributed by atoms with Gasteiger partial charge in [-0.1, -0.05) is 25.4 Å². The summed E-state index contributed by atoms with van der Waals surface area (Å²) in [6, 6.07) is 5.71. The van der Waals surface area contributed by atoms with E-state index in [0.29, 0.717) is 30.0 Å². The second-order valence-corrected chi connectivity index (χ2v) is 5.24. The maximum Gasteiger partial charge on any atom is 0.347 e. The quantitative estimate of drug-likeness (QED) is 0.786. The van der Waals surface area contributed by atoms with Crippen LogP contribution in [0.15, 0.2) is 18.2 Å². The van der Waals surface area contributed by atoms with Crippen LogP contribution in [0.3, 0.4) is 0 Å². The van der Waals surface area contributed by atoms with Gasteiger partial charge in [-0.2, -0.15) is 0 Å². The van der Waals surface area contributed by atoms with Gasteiger partial charge < -0.3 is 14.8 Å². The molecule has 0 fully saturated rings. The fourth-order valence-electron chi connectivity index (χ4n) is 1.61. The van der Waals surface area contributed by atoms with E-state index >= 15 is 0 Å². The molecule has 0 radical (unpaired) electrons. The predicted molar refractivity (Wildman–Crippen MR) is 80.2 cm³/mol. The van der Waals surface area contributed by atoms with E-state index < -0.39 is 6.10 Å². The van der Waals surface area contributed by atoms with Crippen molar-refractivity contribution in [2.24, 2.45) is 0 Å². The van der Waals surface area contributed by atoms with Crippen molar-refractivity contribution in [3.05, 3.63) is 28.8 Å². The van der Waals surface area contributed by atoms with Gasteiger partial charge in [0.15, 0.2) is 6.10 Å². The van der Waals surface area contributed by atoms with Crippen molar-refractivity contribution in [3.63, 3.8) is 0 Å². The number of hydrogen-bond donors (Lipinski definition) is 1.